The molecule has 0 unspecified atom stereocenters. The monoisotopic (exact) mass is 189 g/mol. The number of nitriles is 1. The van der Waals surface area contributed by atoms with Crippen LogP contribution >= 0.6 is 0 Å². The molecule has 0 N–H and O–H groups in total. The van der Waals surface area contributed by atoms with Gasteiger partial charge in [-0.2, -0.15) is 5.26 Å². The molecule has 0 spiro atoms. The predicted octanol–water partition coefficient (Wildman–Crippen LogP) is 1.53. The molecule has 1 aromatic carbocycles. The fraction of sp³-hybridized carbons (Fsp3) is 0.364. The molecule has 0 radical (unpaired) electrons. The van der Waals surface area contributed by atoms with E-state index in [-0.39, 0.29) is 6.10 Å². The molecule has 0 aromatic heterocycles. The molecule has 14 heavy (non-hydrogen) atoms. The lowest BCUT2D eigenvalue weighted by Crippen LogP contribution is -2.38. The maximum absolute atomic E-state index is 8.62. The third-order valence-electron chi connectivity index (χ3n) is 2.14. The topological polar surface area (TPSA) is 42.2 Å². The Morgan fingerprint density at radius 3 is 2.86 bits per heavy atom. The smallest absolute Gasteiger partial charge is 0.145 e. The third kappa shape index (κ3) is 1.86. The van der Waals surface area contributed by atoms with Gasteiger partial charge in [-0.15, -0.1) is 0 Å². The van der Waals surface area contributed by atoms with Crippen LogP contribution in [0.15, 0.2) is 24.3 Å². The zero-order valence-corrected chi connectivity index (χ0v) is 7.77. The Morgan fingerprint density at radius 2 is 2.21 bits per heavy atom. The highest BCUT2D eigenvalue weighted by Gasteiger charge is 2.20. The van der Waals surface area contributed by atoms with Crippen molar-refractivity contribution in [3.8, 4) is 11.8 Å². The van der Waals surface area contributed by atoms with Gasteiger partial charge in [0.25, 0.3) is 0 Å². The van der Waals surface area contributed by atoms with E-state index in [1.54, 1.807) is 0 Å². The molecule has 1 saturated heterocycles. The van der Waals surface area contributed by atoms with Crippen LogP contribution in [0.1, 0.15) is 5.56 Å². The minimum absolute atomic E-state index is 0.162. The summed E-state index contributed by atoms with van der Waals surface area (Å²) in [5, 5.41) is 8.62. The Kier molecular flexibility index (Phi) is 2.66. The second-order valence-electron chi connectivity index (χ2n) is 3.22. The molecule has 72 valence electrons. The summed E-state index contributed by atoms with van der Waals surface area (Å²) in [4.78, 5) is 0. The fourth-order valence-electron chi connectivity index (χ4n) is 1.31. The molecule has 0 amide bonds. The van der Waals surface area contributed by atoms with Gasteiger partial charge in [-0.3, -0.25) is 0 Å². The SMILES string of the molecule is N#CCc1ccccc1OC1COC1. The first-order chi connectivity index (χ1) is 6.90. The average molecular weight is 189 g/mol. The summed E-state index contributed by atoms with van der Waals surface area (Å²) in [7, 11) is 0. The average Bonchev–Trinajstić information content (AvgIpc) is 2.14. The van der Waals surface area contributed by atoms with Crippen molar-refractivity contribution in [3.05, 3.63) is 29.8 Å². The van der Waals surface area contributed by atoms with E-state index in [4.69, 9.17) is 14.7 Å². The molecule has 0 bridgehead atoms. The molecule has 2 rings (SSSR count). The van der Waals surface area contributed by atoms with Crippen LogP contribution in [-0.2, 0) is 11.2 Å². The van der Waals surface area contributed by atoms with Crippen molar-refractivity contribution in [1.29, 1.82) is 5.26 Å². The Labute approximate surface area is 82.9 Å². The van der Waals surface area contributed by atoms with E-state index < -0.39 is 0 Å². The Hall–Kier alpha value is -1.53. The van der Waals surface area contributed by atoms with E-state index in [0.717, 1.165) is 11.3 Å². The van der Waals surface area contributed by atoms with Gasteiger partial charge in [0.2, 0.25) is 0 Å². The van der Waals surface area contributed by atoms with Crippen molar-refractivity contribution in [2.24, 2.45) is 0 Å². The normalized spacial score (nSPS) is 15.6. The molecule has 3 nitrogen and oxygen atoms in total. The Morgan fingerprint density at radius 1 is 1.43 bits per heavy atom. The quantitative estimate of drug-likeness (QED) is 0.724. The number of benzene rings is 1. The van der Waals surface area contributed by atoms with Crippen LogP contribution in [-0.4, -0.2) is 19.3 Å². The molecule has 0 aliphatic carbocycles. The molecule has 0 atom stereocenters. The van der Waals surface area contributed by atoms with Gasteiger partial charge in [-0.1, -0.05) is 18.2 Å². The van der Waals surface area contributed by atoms with Gasteiger partial charge in [-0.05, 0) is 6.07 Å². The number of ether oxygens (including phenoxy) is 2. The summed E-state index contributed by atoms with van der Waals surface area (Å²) in [6.45, 7) is 1.31. The zero-order chi connectivity index (χ0) is 9.80. The third-order valence-corrected chi connectivity index (χ3v) is 2.14. The highest BCUT2D eigenvalue weighted by atomic mass is 16.6. The Balaban J connectivity index is 2.10. The first-order valence-corrected chi connectivity index (χ1v) is 4.59. The molecule has 1 aromatic rings. The van der Waals surface area contributed by atoms with Crippen LogP contribution in [0.2, 0.25) is 0 Å². The van der Waals surface area contributed by atoms with Gasteiger partial charge in [0.1, 0.15) is 11.9 Å². The maximum Gasteiger partial charge on any atom is 0.145 e. The summed E-state index contributed by atoms with van der Waals surface area (Å²) in [6.07, 6.45) is 0.555. The van der Waals surface area contributed by atoms with Crippen LogP contribution < -0.4 is 4.74 Å². The molecular weight excluding hydrogens is 178 g/mol. The number of para-hydroxylation sites is 1. The van der Waals surface area contributed by atoms with Gasteiger partial charge in [0.05, 0.1) is 25.7 Å². The van der Waals surface area contributed by atoms with Crippen LogP contribution in [0.5, 0.6) is 5.75 Å². The molecule has 1 fully saturated rings. The van der Waals surface area contributed by atoms with Gasteiger partial charge in [0, 0.05) is 5.56 Å². The largest absolute Gasteiger partial charge is 0.485 e. The highest BCUT2D eigenvalue weighted by molar-refractivity contribution is 5.35. The molecule has 1 aliphatic heterocycles. The number of hydrogen-bond acceptors (Lipinski definition) is 3. The summed E-state index contributed by atoms with van der Waals surface area (Å²) < 4.78 is 10.7. The van der Waals surface area contributed by atoms with Crippen LogP contribution in [0, 0.1) is 11.3 Å². The maximum atomic E-state index is 8.62. The van der Waals surface area contributed by atoms with Crippen molar-refractivity contribution in [3.63, 3.8) is 0 Å². The molecule has 3 heteroatoms. The number of nitrogens with zero attached hydrogens (tertiary/aromatic N) is 1. The zero-order valence-electron chi connectivity index (χ0n) is 7.77. The first kappa shape index (κ1) is 9.04. The second kappa shape index (κ2) is 4.12. The van der Waals surface area contributed by atoms with Crippen molar-refractivity contribution < 1.29 is 9.47 Å². The van der Waals surface area contributed by atoms with E-state index in [1.165, 1.54) is 0 Å². The summed E-state index contributed by atoms with van der Waals surface area (Å²) >= 11 is 0. The van der Waals surface area contributed by atoms with Gasteiger partial charge in [-0.25, -0.2) is 0 Å². The fourth-order valence-corrected chi connectivity index (χ4v) is 1.31. The van der Waals surface area contributed by atoms with Crippen molar-refractivity contribution in [2.45, 2.75) is 12.5 Å². The standard InChI is InChI=1S/C11H11NO2/c12-6-5-9-3-1-2-4-11(9)14-10-7-13-8-10/h1-4,10H,5,7-8H2. The van der Waals surface area contributed by atoms with Crippen LogP contribution in [0.3, 0.4) is 0 Å². The minimum Gasteiger partial charge on any atom is -0.485 e. The molecule has 0 saturated carbocycles. The van der Waals surface area contributed by atoms with E-state index in [9.17, 15) is 0 Å². The van der Waals surface area contributed by atoms with E-state index >= 15 is 0 Å². The van der Waals surface area contributed by atoms with Crippen molar-refractivity contribution in [1.82, 2.24) is 0 Å². The summed E-state index contributed by atoms with van der Waals surface area (Å²) in [6, 6.07) is 9.76. The molecule has 1 aliphatic rings. The first-order valence-electron chi connectivity index (χ1n) is 4.59. The minimum atomic E-state index is 0.162. The highest BCUT2D eigenvalue weighted by Crippen LogP contribution is 2.21. The predicted molar refractivity (Wildman–Crippen MR) is 51.0 cm³/mol. The lowest BCUT2D eigenvalue weighted by Gasteiger charge is -2.27. The van der Waals surface area contributed by atoms with Gasteiger partial charge in [0.15, 0.2) is 0 Å². The van der Waals surface area contributed by atoms with E-state index in [0.29, 0.717) is 19.6 Å². The lowest BCUT2D eigenvalue weighted by atomic mass is 10.1. The van der Waals surface area contributed by atoms with E-state index in [1.807, 2.05) is 24.3 Å². The number of rotatable bonds is 3. The molecular formula is C11H11NO2. The van der Waals surface area contributed by atoms with Gasteiger partial charge >= 0.3 is 0 Å². The summed E-state index contributed by atoms with van der Waals surface area (Å²) in [5.74, 6) is 0.808. The van der Waals surface area contributed by atoms with Crippen LogP contribution in [0.25, 0.3) is 0 Å². The Bertz CT molecular complexity index is 353. The van der Waals surface area contributed by atoms with Crippen molar-refractivity contribution >= 4 is 0 Å². The number of hydrogen-bond donors (Lipinski definition) is 0. The van der Waals surface area contributed by atoms with Gasteiger partial charge < -0.3 is 9.47 Å². The lowest BCUT2D eigenvalue weighted by molar-refractivity contribution is -0.0799. The van der Waals surface area contributed by atoms with E-state index in [2.05, 4.69) is 6.07 Å². The van der Waals surface area contributed by atoms with Crippen LogP contribution in [0.4, 0.5) is 0 Å². The summed E-state index contributed by atoms with van der Waals surface area (Å²) in [5.41, 5.74) is 0.946. The molecule has 1 heterocycles. The second-order valence-corrected chi connectivity index (χ2v) is 3.22. The van der Waals surface area contributed by atoms with Crippen molar-refractivity contribution in [2.75, 3.05) is 13.2 Å².